The molecule has 0 amide bonds. The van der Waals surface area contributed by atoms with E-state index in [1.54, 1.807) is 36.0 Å². The lowest BCUT2D eigenvalue weighted by atomic mass is 10.2. The predicted molar refractivity (Wildman–Crippen MR) is 107 cm³/mol. The summed E-state index contributed by atoms with van der Waals surface area (Å²) in [5, 5.41) is 3.91. The van der Waals surface area contributed by atoms with Crippen molar-refractivity contribution < 1.29 is 9.53 Å². The largest absolute Gasteiger partial charge is 0.461 e. The van der Waals surface area contributed by atoms with Crippen molar-refractivity contribution in [1.82, 2.24) is 0 Å². The third-order valence-electron chi connectivity index (χ3n) is 4.06. The summed E-state index contributed by atoms with van der Waals surface area (Å²) in [6, 6.07) is 19.1. The zero-order chi connectivity index (χ0) is 18.2. The van der Waals surface area contributed by atoms with E-state index in [0.717, 1.165) is 12.2 Å². The smallest absolute Gasteiger partial charge is 0.338 e. The van der Waals surface area contributed by atoms with Crippen LogP contribution in [-0.4, -0.2) is 28.4 Å². The Bertz CT molecular complexity index is 767. The highest BCUT2D eigenvalue weighted by Crippen LogP contribution is 2.43. The highest BCUT2D eigenvalue weighted by Gasteiger charge is 2.35. The van der Waals surface area contributed by atoms with Gasteiger partial charge in [-0.15, -0.1) is 23.5 Å². The van der Waals surface area contributed by atoms with E-state index in [-0.39, 0.29) is 23.9 Å². The van der Waals surface area contributed by atoms with Crippen LogP contribution in [0.4, 0.5) is 0 Å². The average Bonchev–Trinajstić information content (AvgIpc) is 3.08. The number of hydrogen-bond acceptors (Lipinski definition) is 5. The highest BCUT2D eigenvalue weighted by atomic mass is 32.2. The molecule has 134 valence electrons. The van der Waals surface area contributed by atoms with Crippen LogP contribution in [0.15, 0.2) is 65.8 Å². The minimum atomic E-state index is -0.341. The molecule has 5 nitrogen and oxygen atoms in total. The second-order valence-corrected chi connectivity index (χ2v) is 8.81. The molecule has 1 aliphatic heterocycles. The van der Waals surface area contributed by atoms with Crippen LogP contribution in [0.1, 0.15) is 22.3 Å². The zero-order valence-electron chi connectivity index (χ0n) is 14.1. The summed E-state index contributed by atoms with van der Waals surface area (Å²) in [4.78, 5) is 15.1. The number of azide groups is 1. The number of hydrogen-bond donors (Lipinski definition) is 0. The van der Waals surface area contributed by atoms with E-state index < -0.39 is 0 Å². The van der Waals surface area contributed by atoms with Crippen LogP contribution in [0, 0.1) is 0 Å². The van der Waals surface area contributed by atoms with Crippen molar-refractivity contribution in [3.8, 4) is 0 Å². The van der Waals surface area contributed by atoms with Gasteiger partial charge in [-0.1, -0.05) is 53.6 Å². The fourth-order valence-corrected chi connectivity index (χ4v) is 5.76. The molecule has 0 radical (unpaired) electrons. The maximum atomic E-state index is 12.1. The number of nitrogens with zero attached hydrogens (tertiary/aromatic N) is 3. The molecule has 0 unspecified atom stereocenters. The van der Waals surface area contributed by atoms with Gasteiger partial charge in [0.1, 0.15) is 6.61 Å². The summed E-state index contributed by atoms with van der Waals surface area (Å²) in [7, 11) is 0. The molecule has 0 saturated carbocycles. The first-order valence-electron chi connectivity index (χ1n) is 8.33. The molecular formula is C19H19N3O2S2. The summed E-state index contributed by atoms with van der Waals surface area (Å²) in [6.45, 7) is 0.254. The molecule has 3 atom stereocenters. The molecule has 1 fully saturated rings. The number of benzene rings is 2. The molecule has 0 aromatic heterocycles. The summed E-state index contributed by atoms with van der Waals surface area (Å²) >= 11 is 3.58. The summed E-state index contributed by atoms with van der Waals surface area (Å²) in [5.74, 6) is 0.573. The zero-order valence-corrected chi connectivity index (χ0v) is 15.7. The molecule has 0 spiro atoms. The first kappa shape index (κ1) is 18.7. The maximum absolute atomic E-state index is 12.1. The van der Waals surface area contributed by atoms with Crippen LogP contribution in [0.2, 0.25) is 0 Å². The van der Waals surface area contributed by atoms with Gasteiger partial charge in [0.25, 0.3) is 0 Å². The lowest BCUT2D eigenvalue weighted by molar-refractivity contribution is 0.0502. The Morgan fingerprint density at radius 2 is 1.88 bits per heavy atom. The Kier molecular flexibility index (Phi) is 6.89. The Labute approximate surface area is 161 Å². The van der Waals surface area contributed by atoms with Crippen LogP contribution in [-0.2, 0) is 10.5 Å². The molecule has 3 rings (SSSR count). The van der Waals surface area contributed by atoms with E-state index in [1.807, 2.05) is 36.0 Å². The molecule has 0 bridgehead atoms. The molecule has 2 aromatic carbocycles. The Morgan fingerprint density at radius 3 is 2.58 bits per heavy atom. The van der Waals surface area contributed by atoms with E-state index in [0.29, 0.717) is 10.1 Å². The highest BCUT2D eigenvalue weighted by molar-refractivity contribution is 8.17. The van der Waals surface area contributed by atoms with Crippen LogP contribution in [0.5, 0.6) is 0 Å². The van der Waals surface area contributed by atoms with Gasteiger partial charge >= 0.3 is 5.97 Å². The molecule has 1 saturated heterocycles. The maximum Gasteiger partial charge on any atom is 0.338 e. The molecule has 26 heavy (non-hydrogen) atoms. The molecule has 0 aliphatic carbocycles. The number of carbonyl (C=O) groups excluding carboxylic acids is 1. The average molecular weight is 386 g/mol. The Hall–Kier alpha value is -2.08. The molecule has 7 heteroatoms. The van der Waals surface area contributed by atoms with Gasteiger partial charge in [0, 0.05) is 15.9 Å². The molecule has 1 aliphatic rings. The summed E-state index contributed by atoms with van der Waals surface area (Å²) in [5.41, 5.74) is 10.6. The lowest BCUT2D eigenvalue weighted by Crippen LogP contribution is -2.23. The van der Waals surface area contributed by atoms with E-state index in [9.17, 15) is 4.79 Å². The van der Waals surface area contributed by atoms with E-state index >= 15 is 0 Å². The normalized spacial score (nSPS) is 21.8. The monoisotopic (exact) mass is 385 g/mol. The van der Waals surface area contributed by atoms with Gasteiger partial charge in [0.05, 0.1) is 16.2 Å². The topological polar surface area (TPSA) is 75.1 Å². The third-order valence-corrected chi connectivity index (χ3v) is 7.16. The second-order valence-electron chi connectivity index (χ2n) is 5.87. The van der Waals surface area contributed by atoms with Gasteiger partial charge in [-0.25, -0.2) is 4.79 Å². The first-order valence-corrected chi connectivity index (χ1v) is 10.3. The van der Waals surface area contributed by atoms with Crippen LogP contribution < -0.4 is 0 Å². The number of carbonyl (C=O) groups is 1. The number of thioether (sulfide) groups is 2. The van der Waals surface area contributed by atoms with Crippen molar-refractivity contribution in [1.29, 1.82) is 0 Å². The fraction of sp³-hybridized carbons (Fsp3) is 0.316. The van der Waals surface area contributed by atoms with Gasteiger partial charge in [0.15, 0.2) is 0 Å². The van der Waals surface area contributed by atoms with Crippen LogP contribution in [0.3, 0.4) is 0 Å². The van der Waals surface area contributed by atoms with Gasteiger partial charge in [-0.3, -0.25) is 0 Å². The van der Waals surface area contributed by atoms with E-state index in [1.165, 1.54) is 5.56 Å². The quantitative estimate of drug-likeness (QED) is 0.281. The lowest BCUT2D eigenvalue weighted by Gasteiger charge is -2.14. The van der Waals surface area contributed by atoms with Crippen LogP contribution >= 0.6 is 23.5 Å². The van der Waals surface area contributed by atoms with Gasteiger partial charge < -0.3 is 4.74 Å². The van der Waals surface area contributed by atoms with Gasteiger partial charge in [-0.2, -0.15) is 0 Å². The van der Waals surface area contributed by atoms with E-state index in [2.05, 4.69) is 22.2 Å². The van der Waals surface area contributed by atoms with Crippen molar-refractivity contribution in [2.24, 2.45) is 5.11 Å². The van der Waals surface area contributed by atoms with Crippen molar-refractivity contribution in [3.63, 3.8) is 0 Å². The van der Waals surface area contributed by atoms with Crippen molar-refractivity contribution in [2.75, 3.05) is 6.61 Å². The number of esters is 1. The second kappa shape index (κ2) is 9.57. The Balaban J connectivity index is 1.54. The number of rotatable bonds is 7. The molecule has 2 aromatic rings. The third kappa shape index (κ3) is 5.21. The molecule has 0 N–H and O–H groups in total. The minimum absolute atomic E-state index is 0.00756. The van der Waals surface area contributed by atoms with E-state index in [4.69, 9.17) is 10.3 Å². The SMILES string of the molecule is [N-]=[N+]=N[C@H]1C[C@H](SCc2ccccc2)S[C@@H]1COC(=O)c1ccccc1. The van der Waals surface area contributed by atoms with Crippen molar-refractivity contribution in [2.45, 2.75) is 28.0 Å². The predicted octanol–water partition coefficient (Wildman–Crippen LogP) is 5.29. The summed E-state index contributed by atoms with van der Waals surface area (Å²) in [6.07, 6.45) is 0.791. The summed E-state index contributed by atoms with van der Waals surface area (Å²) < 4.78 is 5.77. The van der Waals surface area contributed by atoms with Crippen molar-refractivity contribution >= 4 is 29.5 Å². The minimum Gasteiger partial charge on any atom is -0.461 e. The number of ether oxygens (including phenoxy) is 1. The van der Waals surface area contributed by atoms with Crippen LogP contribution in [0.25, 0.3) is 10.4 Å². The molecular weight excluding hydrogens is 366 g/mol. The fourth-order valence-electron chi connectivity index (χ4n) is 2.71. The molecule has 1 heterocycles. The van der Waals surface area contributed by atoms with Gasteiger partial charge in [0.2, 0.25) is 0 Å². The first-order chi connectivity index (χ1) is 12.8. The standard InChI is InChI=1S/C19H19N3O2S2/c20-22-21-16-11-18(25-13-14-7-3-1-4-8-14)26-17(16)12-24-19(23)15-9-5-2-6-10-15/h1-10,16-18H,11-13H2/t16-,17+,18+/m0/s1. The van der Waals surface area contributed by atoms with Gasteiger partial charge in [-0.05, 0) is 29.6 Å². The van der Waals surface area contributed by atoms with Crippen molar-refractivity contribution in [3.05, 3.63) is 82.2 Å². The Morgan fingerprint density at radius 1 is 1.19 bits per heavy atom.